The number of hydrogen-bond acceptors (Lipinski definition) is 2. The molecule has 0 bridgehead atoms. The molecule has 0 aliphatic heterocycles. The SMILES string of the molecule is OCc1c(C(F)F)cc(Br)nc1C(F)(F)F. The number of aliphatic hydroxyl groups is 1. The molecule has 0 radical (unpaired) electrons. The van der Waals surface area contributed by atoms with Crippen molar-refractivity contribution in [3.05, 3.63) is 27.5 Å². The van der Waals surface area contributed by atoms with Gasteiger partial charge in [-0.15, -0.1) is 0 Å². The lowest BCUT2D eigenvalue weighted by atomic mass is 10.1. The molecule has 1 heterocycles. The molecule has 1 aromatic heterocycles. The summed E-state index contributed by atoms with van der Waals surface area (Å²) in [5, 5.41) is 8.71. The van der Waals surface area contributed by atoms with E-state index in [0.29, 0.717) is 0 Å². The highest BCUT2D eigenvalue weighted by Crippen LogP contribution is 2.36. The van der Waals surface area contributed by atoms with Crippen molar-refractivity contribution >= 4 is 15.9 Å². The zero-order valence-electron chi connectivity index (χ0n) is 7.52. The van der Waals surface area contributed by atoms with Crippen molar-refractivity contribution in [2.75, 3.05) is 0 Å². The zero-order chi connectivity index (χ0) is 12.5. The first-order valence-corrected chi connectivity index (χ1v) is 4.72. The number of nitrogens with zero attached hydrogens (tertiary/aromatic N) is 1. The quantitative estimate of drug-likeness (QED) is 0.672. The van der Waals surface area contributed by atoms with Crippen molar-refractivity contribution in [2.24, 2.45) is 0 Å². The lowest BCUT2D eigenvalue weighted by Gasteiger charge is -2.14. The minimum atomic E-state index is -4.88. The second-order valence-electron chi connectivity index (χ2n) is 2.82. The number of pyridine rings is 1. The van der Waals surface area contributed by atoms with Crippen molar-refractivity contribution in [3.63, 3.8) is 0 Å². The molecule has 1 aromatic rings. The molecule has 0 saturated heterocycles. The van der Waals surface area contributed by atoms with Crippen LogP contribution >= 0.6 is 15.9 Å². The number of aliphatic hydroxyl groups excluding tert-OH is 1. The van der Waals surface area contributed by atoms with E-state index in [4.69, 9.17) is 5.11 Å². The van der Waals surface area contributed by atoms with Crippen LogP contribution in [0.5, 0.6) is 0 Å². The Morgan fingerprint density at radius 3 is 2.31 bits per heavy atom. The van der Waals surface area contributed by atoms with E-state index in [1.54, 1.807) is 0 Å². The van der Waals surface area contributed by atoms with Gasteiger partial charge in [-0.2, -0.15) is 13.2 Å². The fraction of sp³-hybridized carbons (Fsp3) is 0.375. The van der Waals surface area contributed by atoms with E-state index in [1.807, 2.05) is 0 Å². The van der Waals surface area contributed by atoms with Gasteiger partial charge in [0.25, 0.3) is 6.43 Å². The number of hydrogen-bond donors (Lipinski definition) is 1. The van der Waals surface area contributed by atoms with E-state index in [-0.39, 0.29) is 4.60 Å². The minimum absolute atomic E-state index is 0.354. The maximum Gasteiger partial charge on any atom is 0.433 e. The van der Waals surface area contributed by atoms with Crippen LogP contribution in [0, 0.1) is 0 Å². The van der Waals surface area contributed by atoms with Crippen LogP contribution in [-0.4, -0.2) is 10.1 Å². The van der Waals surface area contributed by atoms with Gasteiger partial charge in [0, 0.05) is 11.1 Å². The maximum absolute atomic E-state index is 12.4. The van der Waals surface area contributed by atoms with Crippen LogP contribution in [0.3, 0.4) is 0 Å². The fourth-order valence-electron chi connectivity index (χ4n) is 1.15. The Morgan fingerprint density at radius 1 is 1.38 bits per heavy atom. The normalized spacial score (nSPS) is 12.2. The lowest BCUT2D eigenvalue weighted by Crippen LogP contribution is -2.14. The van der Waals surface area contributed by atoms with E-state index in [2.05, 4.69) is 20.9 Å². The summed E-state index contributed by atoms with van der Waals surface area (Å²) in [6, 6.07) is 0.755. The molecule has 0 fully saturated rings. The monoisotopic (exact) mass is 305 g/mol. The molecule has 1 N–H and O–H groups in total. The number of halogens is 6. The molecule has 0 atom stereocenters. The molecular weight excluding hydrogens is 301 g/mol. The summed E-state index contributed by atoms with van der Waals surface area (Å²) in [7, 11) is 0. The van der Waals surface area contributed by atoms with Gasteiger partial charge in [-0.3, -0.25) is 0 Å². The van der Waals surface area contributed by atoms with Crippen LogP contribution < -0.4 is 0 Å². The highest BCUT2D eigenvalue weighted by atomic mass is 79.9. The molecule has 16 heavy (non-hydrogen) atoms. The van der Waals surface area contributed by atoms with E-state index in [9.17, 15) is 22.0 Å². The Morgan fingerprint density at radius 2 is 1.94 bits per heavy atom. The molecule has 0 aromatic carbocycles. The average Bonchev–Trinajstić information content (AvgIpc) is 2.14. The predicted molar refractivity (Wildman–Crippen MR) is 47.8 cm³/mol. The molecule has 0 aliphatic rings. The van der Waals surface area contributed by atoms with Gasteiger partial charge >= 0.3 is 6.18 Å². The molecule has 0 aliphatic carbocycles. The van der Waals surface area contributed by atoms with Crippen LogP contribution in [0.25, 0.3) is 0 Å². The Balaban J connectivity index is 3.49. The molecule has 0 spiro atoms. The molecule has 0 amide bonds. The number of aromatic nitrogens is 1. The molecule has 0 saturated carbocycles. The molecule has 2 nitrogen and oxygen atoms in total. The van der Waals surface area contributed by atoms with Crippen molar-refractivity contribution in [1.82, 2.24) is 4.98 Å². The maximum atomic E-state index is 12.4. The molecule has 8 heteroatoms. The van der Waals surface area contributed by atoms with Crippen molar-refractivity contribution in [2.45, 2.75) is 19.2 Å². The molecule has 90 valence electrons. The van der Waals surface area contributed by atoms with Gasteiger partial charge in [0.15, 0.2) is 5.69 Å². The second-order valence-corrected chi connectivity index (χ2v) is 3.63. The van der Waals surface area contributed by atoms with E-state index >= 15 is 0 Å². The number of alkyl halides is 5. The second kappa shape index (κ2) is 4.62. The van der Waals surface area contributed by atoms with Crippen molar-refractivity contribution in [3.8, 4) is 0 Å². The summed E-state index contributed by atoms with van der Waals surface area (Å²) in [5.74, 6) is 0. The largest absolute Gasteiger partial charge is 0.433 e. The van der Waals surface area contributed by atoms with Gasteiger partial charge in [0.2, 0.25) is 0 Å². The Bertz CT molecular complexity index is 393. The Labute approximate surface area is 95.2 Å². The van der Waals surface area contributed by atoms with Crippen LogP contribution in [0.2, 0.25) is 0 Å². The van der Waals surface area contributed by atoms with Gasteiger partial charge in [0.1, 0.15) is 4.60 Å². The van der Waals surface area contributed by atoms with E-state index < -0.39 is 36.0 Å². The zero-order valence-corrected chi connectivity index (χ0v) is 9.11. The average molecular weight is 306 g/mol. The summed E-state index contributed by atoms with van der Waals surface area (Å²) < 4.78 is 61.8. The van der Waals surface area contributed by atoms with Crippen molar-refractivity contribution in [1.29, 1.82) is 0 Å². The first kappa shape index (κ1) is 13.3. The summed E-state index contributed by atoms with van der Waals surface area (Å²) in [6.07, 6.45) is -7.99. The molecular formula is C8H5BrF5NO. The summed E-state index contributed by atoms with van der Waals surface area (Å²) in [6.45, 7) is -1.14. The van der Waals surface area contributed by atoms with Crippen LogP contribution in [-0.2, 0) is 12.8 Å². The predicted octanol–water partition coefficient (Wildman–Crippen LogP) is 3.29. The Kier molecular flexibility index (Phi) is 3.84. The standard InChI is InChI=1S/C8H5BrF5NO/c9-5-1-3(7(10)11)4(2-16)6(15-5)8(12,13)14/h1,7,16H,2H2. The van der Waals surface area contributed by atoms with Gasteiger partial charge in [0.05, 0.1) is 6.61 Å². The van der Waals surface area contributed by atoms with Gasteiger partial charge in [-0.05, 0) is 22.0 Å². The topological polar surface area (TPSA) is 33.1 Å². The van der Waals surface area contributed by atoms with E-state index in [1.165, 1.54) is 0 Å². The first-order valence-electron chi connectivity index (χ1n) is 3.93. The van der Waals surface area contributed by atoms with Crippen molar-refractivity contribution < 1.29 is 27.1 Å². The summed E-state index contributed by atoms with van der Waals surface area (Å²) >= 11 is 2.61. The minimum Gasteiger partial charge on any atom is -0.392 e. The Hall–Kier alpha value is -0.760. The van der Waals surface area contributed by atoms with Crippen LogP contribution in [0.15, 0.2) is 10.7 Å². The number of rotatable bonds is 2. The van der Waals surface area contributed by atoms with Gasteiger partial charge < -0.3 is 5.11 Å². The van der Waals surface area contributed by atoms with Gasteiger partial charge in [-0.1, -0.05) is 0 Å². The van der Waals surface area contributed by atoms with Crippen LogP contribution in [0.1, 0.15) is 23.2 Å². The smallest absolute Gasteiger partial charge is 0.392 e. The van der Waals surface area contributed by atoms with Crippen LogP contribution in [0.4, 0.5) is 22.0 Å². The third-order valence-electron chi connectivity index (χ3n) is 1.79. The van der Waals surface area contributed by atoms with E-state index in [0.717, 1.165) is 6.07 Å². The third-order valence-corrected chi connectivity index (χ3v) is 2.20. The highest BCUT2D eigenvalue weighted by Gasteiger charge is 2.37. The molecule has 1 rings (SSSR count). The lowest BCUT2D eigenvalue weighted by molar-refractivity contribution is -0.142. The summed E-state index contributed by atoms with van der Waals surface area (Å²) in [4.78, 5) is 3.06. The van der Waals surface area contributed by atoms with Gasteiger partial charge in [-0.25, -0.2) is 13.8 Å². The third kappa shape index (κ3) is 2.67. The highest BCUT2D eigenvalue weighted by molar-refractivity contribution is 9.10. The summed E-state index contributed by atoms with van der Waals surface area (Å²) in [5.41, 5.74) is -3.28. The fourth-order valence-corrected chi connectivity index (χ4v) is 1.58. The first-order chi connectivity index (χ1) is 7.27. The molecule has 0 unspecified atom stereocenters.